The summed E-state index contributed by atoms with van der Waals surface area (Å²) in [5.74, 6) is 1.76. The molecular formula is C59H34N4OS. The van der Waals surface area contributed by atoms with Crippen LogP contribution in [0.1, 0.15) is 0 Å². The van der Waals surface area contributed by atoms with Crippen LogP contribution in [0, 0.1) is 0 Å². The van der Waals surface area contributed by atoms with E-state index in [1.165, 1.54) is 52.5 Å². The molecule has 0 spiro atoms. The van der Waals surface area contributed by atoms with Crippen LogP contribution < -0.4 is 0 Å². The van der Waals surface area contributed by atoms with E-state index < -0.39 is 0 Å². The zero-order chi connectivity index (χ0) is 42.6. The van der Waals surface area contributed by atoms with Crippen LogP contribution in [0.3, 0.4) is 0 Å². The van der Waals surface area contributed by atoms with E-state index in [9.17, 15) is 0 Å². The van der Waals surface area contributed by atoms with Gasteiger partial charge in [-0.05, 0) is 93.3 Å². The Kier molecular flexibility index (Phi) is 7.79. The first-order valence-corrected chi connectivity index (χ1v) is 22.6. The summed E-state index contributed by atoms with van der Waals surface area (Å²) in [5.41, 5.74) is 9.64. The van der Waals surface area contributed by atoms with Gasteiger partial charge >= 0.3 is 0 Å². The molecule has 0 saturated heterocycles. The van der Waals surface area contributed by atoms with Gasteiger partial charge in [0, 0.05) is 52.8 Å². The fourth-order valence-corrected chi connectivity index (χ4v) is 11.1. The Morgan fingerprint density at radius 1 is 0.354 bits per heavy atom. The molecule has 0 atom stereocenters. The van der Waals surface area contributed by atoms with Crippen LogP contribution in [-0.4, -0.2) is 19.5 Å². The highest BCUT2D eigenvalue weighted by molar-refractivity contribution is 7.25. The third-order valence-electron chi connectivity index (χ3n) is 13.0. The van der Waals surface area contributed by atoms with Gasteiger partial charge in [-0.1, -0.05) is 146 Å². The van der Waals surface area contributed by atoms with Crippen molar-refractivity contribution in [3.05, 3.63) is 206 Å². The van der Waals surface area contributed by atoms with Gasteiger partial charge in [-0.2, -0.15) is 0 Å². The lowest BCUT2D eigenvalue weighted by Gasteiger charge is -2.16. The summed E-state index contributed by atoms with van der Waals surface area (Å²) in [6, 6.07) is 73.4. The van der Waals surface area contributed by atoms with Crippen LogP contribution in [0.15, 0.2) is 211 Å². The van der Waals surface area contributed by atoms with Gasteiger partial charge in [0.2, 0.25) is 0 Å². The largest absolute Gasteiger partial charge is 0.456 e. The van der Waals surface area contributed by atoms with E-state index >= 15 is 0 Å². The number of thiophene rings is 1. The van der Waals surface area contributed by atoms with Gasteiger partial charge in [-0.25, -0.2) is 15.0 Å². The first-order chi connectivity index (χ1) is 32.2. The van der Waals surface area contributed by atoms with E-state index in [4.69, 9.17) is 19.4 Å². The molecule has 4 heterocycles. The van der Waals surface area contributed by atoms with Crippen LogP contribution in [0.2, 0.25) is 0 Å². The maximum absolute atomic E-state index is 6.67. The second-order valence-electron chi connectivity index (χ2n) is 16.8. The Bertz CT molecular complexity index is 4160. The third kappa shape index (κ3) is 5.67. The molecule has 0 fully saturated rings. The quantitative estimate of drug-likeness (QED) is 0.173. The van der Waals surface area contributed by atoms with Gasteiger partial charge in [0.1, 0.15) is 11.2 Å². The summed E-state index contributed by atoms with van der Waals surface area (Å²) >= 11 is 1.79. The lowest BCUT2D eigenvalue weighted by Crippen LogP contribution is -2.04. The number of hydrogen-bond acceptors (Lipinski definition) is 5. The van der Waals surface area contributed by atoms with Crippen molar-refractivity contribution in [1.82, 2.24) is 19.5 Å². The Hall–Kier alpha value is -8.45. The molecule has 4 aromatic heterocycles. The van der Waals surface area contributed by atoms with E-state index in [1.54, 1.807) is 11.3 Å². The van der Waals surface area contributed by atoms with E-state index in [-0.39, 0.29) is 0 Å². The van der Waals surface area contributed by atoms with Crippen molar-refractivity contribution < 1.29 is 4.42 Å². The van der Waals surface area contributed by atoms with Gasteiger partial charge in [0.05, 0.1) is 22.3 Å². The Morgan fingerprint density at radius 2 is 0.923 bits per heavy atom. The summed E-state index contributed by atoms with van der Waals surface area (Å²) in [6.07, 6.45) is 0. The van der Waals surface area contributed by atoms with E-state index in [0.29, 0.717) is 17.5 Å². The van der Waals surface area contributed by atoms with Gasteiger partial charge in [0.25, 0.3) is 0 Å². The van der Waals surface area contributed by atoms with Crippen molar-refractivity contribution >= 4 is 96.8 Å². The first kappa shape index (κ1) is 36.1. The molecule has 0 aliphatic carbocycles. The lowest BCUT2D eigenvalue weighted by molar-refractivity contribution is 0.669. The Balaban J connectivity index is 1.11. The highest BCUT2D eigenvalue weighted by Gasteiger charge is 2.25. The Morgan fingerprint density at radius 3 is 1.66 bits per heavy atom. The molecule has 65 heavy (non-hydrogen) atoms. The van der Waals surface area contributed by atoms with Gasteiger partial charge in [-0.15, -0.1) is 11.3 Å². The van der Waals surface area contributed by atoms with Gasteiger partial charge in [-0.3, -0.25) is 0 Å². The minimum atomic E-state index is 0.565. The number of aromatic nitrogens is 4. The molecule has 0 unspecified atom stereocenters. The summed E-state index contributed by atoms with van der Waals surface area (Å²) in [4.78, 5) is 16.4. The van der Waals surface area contributed by atoms with Crippen LogP contribution in [0.4, 0.5) is 0 Å². The molecule has 14 aromatic rings. The second kappa shape index (κ2) is 14.0. The topological polar surface area (TPSA) is 56.7 Å². The highest BCUT2D eigenvalue weighted by Crippen LogP contribution is 2.45. The predicted octanol–water partition coefficient (Wildman–Crippen LogP) is 16.2. The number of para-hydroxylation sites is 1. The van der Waals surface area contributed by atoms with Crippen molar-refractivity contribution in [3.8, 4) is 51.0 Å². The van der Waals surface area contributed by atoms with Crippen molar-refractivity contribution in [1.29, 1.82) is 0 Å². The van der Waals surface area contributed by atoms with Crippen LogP contribution in [0.5, 0.6) is 0 Å². The van der Waals surface area contributed by atoms with Crippen molar-refractivity contribution in [2.75, 3.05) is 0 Å². The van der Waals surface area contributed by atoms with Crippen LogP contribution >= 0.6 is 11.3 Å². The van der Waals surface area contributed by atoms with Crippen molar-refractivity contribution in [3.63, 3.8) is 0 Å². The maximum Gasteiger partial charge on any atom is 0.166 e. The Labute approximate surface area is 376 Å². The molecule has 5 nitrogen and oxygen atoms in total. The summed E-state index contributed by atoms with van der Waals surface area (Å²) in [7, 11) is 0. The number of nitrogens with zero attached hydrogens (tertiary/aromatic N) is 4. The van der Waals surface area contributed by atoms with Gasteiger partial charge in [0.15, 0.2) is 17.5 Å². The molecule has 0 N–H and O–H groups in total. The molecule has 14 rings (SSSR count). The SMILES string of the molecule is c1ccc(-c2cccc(-c3nc(-c4ccc5c(c4)sc4ccccc45)nc(-c4c(-n5c6cc7ccccc7cc6c6cc7ccccc7cc65)ccc5oc6ccccc6c45)n3)c2)cc1. The fourth-order valence-electron chi connectivity index (χ4n) is 9.95. The number of furan rings is 1. The number of rotatable bonds is 5. The van der Waals surface area contributed by atoms with Crippen molar-refractivity contribution in [2.45, 2.75) is 0 Å². The molecule has 0 aliphatic rings. The minimum absolute atomic E-state index is 0.565. The van der Waals surface area contributed by atoms with E-state index in [0.717, 1.165) is 66.5 Å². The fraction of sp³-hybridized carbons (Fsp3) is 0. The monoisotopic (exact) mass is 846 g/mol. The molecule has 0 bridgehead atoms. The van der Waals surface area contributed by atoms with Crippen molar-refractivity contribution in [2.24, 2.45) is 0 Å². The number of benzene rings is 10. The smallest absolute Gasteiger partial charge is 0.166 e. The summed E-state index contributed by atoms with van der Waals surface area (Å²) in [6.45, 7) is 0. The molecule has 0 radical (unpaired) electrons. The molecule has 10 aromatic carbocycles. The minimum Gasteiger partial charge on any atom is -0.456 e. The highest BCUT2D eigenvalue weighted by atomic mass is 32.1. The maximum atomic E-state index is 6.67. The number of fused-ring (bicyclic) bond motifs is 11. The van der Waals surface area contributed by atoms with Gasteiger partial charge < -0.3 is 8.98 Å². The molecular weight excluding hydrogens is 813 g/mol. The molecule has 0 saturated carbocycles. The van der Waals surface area contributed by atoms with E-state index in [1.807, 2.05) is 18.2 Å². The molecule has 302 valence electrons. The summed E-state index contributed by atoms with van der Waals surface area (Å²) < 4.78 is 11.5. The predicted molar refractivity (Wildman–Crippen MR) is 271 cm³/mol. The normalized spacial score (nSPS) is 12.0. The molecule has 6 heteroatoms. The third-order valence-corrected chi connectivity index (χ3v) is 14.1. The number of hydrogen-bond donors (Lipinski definition) is 0. The van der Waals surface area contributed by atoms with E-state index in [2.05, 4.69) is 193 Å². The zero-order valence-corrected chi connectivity index (χ0v) is 35.6. The average Bonchev–Trinajstić information content (AvgIpc) is 4.03. The lowest BCUT2D eigenvalue weighted by atomic mass is 10.0. The molecule has 0 amide bonds. The van der Waals surface area contributed by atoms with Crippen LogP contribution in [0.25, 0.3) is 136 Å². The first-order valence-electron chi connectivity index (χ1n) is 21.8. The van der Waals surface area contributed by atoms with Crippen LogP contribution in [-0.2, 0) is 0 Å². The second-order valence-corrected chi connectivity index (χ2v) is 17.8. The average molecular weight is 847 g/mol. The standard InChI is InChI=1S/C59H34N4OS/c1-2-13-35(14-3-1)36-19-12-20-41(29-36)57-60-58(42-25-26-44-43-21-9-11-24-53(43)65-54(44)34-42)62-59(61-57)56-48(27-28-52-55(56)45-22-8-10-23-51(45)64-52)63-49-32-39-17-6-4-15-37(39)30-46(49)47-31-38-16-5-7-18-40(38)33-50(47)63/h1-34H. The zero-order valence-electron chi connectivity index (χ0n) is 34.7. The summed E-state index contributed by atoms with van der Waals surface area (Å²) in [5, 5.41) is 11.5. The molecule has 0 aliphatic heterocycles.